The number of nitrogens with zero attached hydrogens (tertiary/aromatic N) is 1. The van der Waals surface area contributed by atoms with Crippen molar-refractivity contribution in [2.45, 2.75) is 6.42 Å². The van der Waals surface area contributed by atoms with Crippen LogP contribution >= 0.6 is 11.6 Å². The number of ether oxygens (including phenoxy) is 2. The second-order valence-corrected chi connectivity index (χ2v) is 5.61. The predicted molar refractivity (Wildman–Crippen MR) is 97.7 cm³/mol. The van der Waals surface area contributed by atoms with E-state index < -0.39 is 5.91 Å². The third kappa shape index (κ3) is 4.64. The van der Waals surface area contributed by atoms with Crippen molar-refractivity contribution in [3.8, 4) is 11.5 Å². The van der Waals surface area contributed by atoms with Gasteiger partial charge >= 0.3 is 0 Å². The highest BCUT2D eigenvalue weighted by Gasteiger charge is 2.18. The van der Waals surface area contributed by atoms with Crippen LogP contribution in [0.2, 0.25) is 5.02 Å². The molecule has 0 saturated heterocycles. The molecule has 0 aliphatic rings. The van der Waals surface area contributed by atoms with Gasteiger partial charge in [0.15, 0.2) is 0 Å². The highest BCUT2D eigenvalue weighted by molar-refractivity contribution is 6.32. The van der Waals surface area contributed by atoms with Crippen molar-refractivity contribution in [2.24, 2.45) is 0 Å². The van der Waals surface area contributed by atoms with Gasteiger partial charge in [0.2, 0.25) is 11.8 Å². The first-order valence-electron chi connectivity index (χ1n) is 7.49. The van der Waals surface area contributed by atoms with Crippen LogP contribution in [-0.4, -0.2) is 33.1 Å². The molecule has 0 aliphatic carbocycles. The number of methoxy groups -OCH3 is 2. The molecule has 2 rings (SSSR count). The van der Waals surface area contributed by atoms with Crippen molar-refractivity contribution >= 4 is 34.8 Å². The molecule has 2 aromatic rings. The average Bonchev–Trinajstić information content (AvgIpc) is 2.62. The van der Waals surface area contributed by atoms with Crippen LogP contribution < -0.4 is 19.7 Å². The summed E-state index contributed by atoms with van der Waals surface area (Å²) in [6.45, 7) is 0. The van der Waals surface area contributed by atoms with Crippen molar-refractivity contribution in [3.63, 3.8) is 0 Å². The van der Waals surface area contributed by atoms with Gasteiger partial charge in [0.25, 0.3) is 0 Å². The number of hydrogen-bond donors (Lipinski definition) is 1. The fraction of sp³-hybridized carbons (Fsp3) is 0.222. The number of amides is 2. The van der Waals surface area contributed by atoms with Gasteiger partial charge < -0.3 is 19.7 Å². The maximum Gasteiger partial charge on any atom is 0.236 e. The molecule has 6 nitrogen and oxygen atoms in total. The second-order valence-electron chi connectivity index (χ2n) is 5.20. The third-order valence-electron chi connectivity index (χ3n) is 3.58. The van der Waals surface area contributed by atoms with Crippen molar-refractivity contribution in [1.82, 2.24) is 0 Å². The molecule has 0 radical (unpaired) electrons. The van der Waals surface area contributed by atoms with Crippen LogP contribution in [0.1, 0.15) is 6.42 Å². The molecule has 25 heavy (non-hydrogen) atoms. The Balaban J connectivity index is 2.08. The molecular formula is C18H19ClN2O4. The summed E-state index contributed by atoms with van der Waals surface area (Å²) in [6.07, 6.45) is -0.306. The van der Waals surface area contributed by atoms with Gasteiger partial charge in [0.1, 0.15) is 17.9 Å². The zero-order valence-electron chi connectivity index (χ0n) is 14.2. The van der Waals surface area contributed by atoms with E-state index in [9.17, 15) is 9.59 Å². The van der Waals surface area contributed by atoms with Gasteiger partial charge in [-0.3, -0.25) is 9.59 Å². The number of hydrogen-bond acceptors (Lipinski definition) is 4. The maximum atomic E-state index is 12.3. The van der Waals surface area contributed by atoms with Crippen molar-refractivity contribution in [1.29, 1.82) is 0 Å². The van der Waals surface area contributed by atoms with Crippen LogP contribution in [0.3, 0.4) is 0 Å². The van der Waals surface area contributed by atoms with Gasteiger partial charge in [-0.2, -0.15) is 0 Å². The van der Waals surface area contributed by atoms with E-state index in [0.717, 1.165) is 0 Å². The molecule has 0 saturated carbocycles. The normalized spacial score (nSPS) is 10.1. The number of benzene rings is 2. The summed E-state index contributed by atoms with van der Waals surface area (Å²) < 4.78 is 10.3. The molecule has 0 bridgehead atoms. The standard InChI is InChI=1S/C18H19ClN2O4/c1-21(12-7-5-4-6-8-12)18(23)11-17(22)20-14-10-15(24-2)13(19)9-16(14)25-3/h4-10H,11H2,1-3H3,(H,20,22). The minimum absolute atomic E-state index is 0.306. The molecule has 2 amide bonds. The summed E-state index contributed by atoms with van der Waals surface area (Å²) in [5.74, 6) is -0.0208. The lowest BCUT2D eigenvalue weighted by molar-refractivity contribution is -0.125. The fourth-order valence-electron chi connectivity index (χ4n) is 2.20. The molecule has 0 atom stereocenters. The van der Waals surface area contributed by atoms with E-state index in [4.69, 9.17) is 21.1 Å². The molecule has 0 fully saturated rings. The minimum Gasteiger partial charge on any atom is -0.495 e. The number of halogens is 1. The van der Waals surface area contributed by atoms with E-state index in [2.05, 4.69) is 5.32 Å². The van der Waals surface area contributed by atoms with Crippen LogP contribution in [0.4, 0.5) is 11.4 Å². The van der Waals surface area contributed by atoms with Crippen molar-refractivity contribution in [2.75, 3.05) is 31.5 Å². The number of anilines is 2. The first kappa shape index (κ1) is 18.6. The van der Waals surface area contributed by atoms with E-state index in [1.54, 1.807) is 25.2 Å². The largest absolute Gasteiger partial charge is 0.495 e. The van der Waals surface area contributed by atoms with Gasteiger partial charge in [0.05, 0.1) is 24.9 Å². The second kappa shape index (κ2) is 8.39. The maximum absolute atomic E-state index is 12.3. The van der Waals surface area contributed by atoms with Crippen molar-refractivity contribution < 1.29 is 19.1 Å². The van der Waals surface area contributed by atoms with Gasteiger partial charge in [-0.1, -0.05) is 29.8 Å². The van der Waals surface area contributed by atoms with Gasteiger partial charge in [-0.25, -0.2) is 0 Å². The Hall–Kier alpha value is -2.73. The van der Waals surface area contributed by atoms with Gasteiger partial charge in [-0.05, 0) is 12.1 Å². The number of rotatable bonds is 6. The lowest BCUT2D eigenvalue weighted by atomic mass is 10.2. The Morgan fingerprint density at radius 3 is 2.32 bits per heavy atom. The zero-order chi connectivity index (χ0) is 18.4. The first-order valence-corrected chi connectivity index (χ1v) is 7.87. The smallest absolute Gasteiger partial charge is 0.236 e. The van der Waals surface area contributed by atoms with Crippen LogP contribution in [0, 0.1) is 0 Å². The Kier molecular flexibility index (Phi) is 6.25. The topological polar surface area (TPSA) is 67.9 Å². The van der Waals surface area contributed by atoms with Crippen LogP contribution in [-0.2, 0) is 9.59 Å². The molecule has 0 unspecified atom stereocenters. The third-order valence-corrected chi connectivity index (χ3v) is 3.87. The number of nitrogens with one attached hydrogen (secondary N) is 1. The highest BCUT2D eigenvalue weighted by atomic mass is 35.5. The fourth-order valence-corrected chi connectivity index (χ4v) is 2.43. The van der Waals surface area contributed by atoms with Crippen LogP contribution in [0.5, 0.6) is 11.5 Å². The lowest BCUT2D eigenvalue weighted by Gasteiger charge is -2.17. The summed E-state index contributed by atoms with van der Waals surface area (Å²) >= 11 is 6.03. The monoisotopic (exact) mass is 362 g/mol. The highest BCUT2D eigenvalue weighted by Crippen LogP contribution is 2.35. The summed E-state index contributed by atoms with van der Waals surface area (Å²) in [6, 6.07) is 12.2. The van der Waals surface area contributed by atoms with Crippen LogP contribution in [0.25, 0.3) is 0 Å². The molecule has 0 heterocycles. The SMILES string of the molecule is COc1cc(NC(=O)CC(=O)N(C)c2ccccc2)c(OC)cc1Cl. The lowest BCUT2D eigenvalue weighted by Crippen LogP contribution is -2.30. The molecular weight excluding hydrogens is 344 g/mol. The molecule has 132 valence electrons. The quantitative estimate of drug-likeness (QED) is 0.800. The Morgan fingerprint density at radius 1 is 1.08 bits per heavy atom. The van der Waals surface area contributed by atoms with Crippen LogP contribution in [0.15, 0.2) is 42.5 Å². The van der Waals surface area contributed by atoms with E-state index in [1.165, 1.54) is 25.2 Å². The molecule has 2 aromatic carbocycles. The minimum atomic E-state index is -0.463. The molecule has 0 spiro atoms. The van der Waals surface area contributed by atoms with Gasteiger partial charge in [0, 0.05) is 24.9 Å². The van der Waals surface area contributed by atoms with E-state index in [0.29, 0.717) is 27.9 Å². The molecule has 1 N–H and O–H groups in total. The number of carbonyl (C=O) groups is 2. The summed E-state index contributed by atoms with van der Waals surface area (Å²) in [5, 5.41) is 3.01. The zero-order valence-corrected chi connectivity index (χ0v) is 15.0. The van der Waals surface area contributed by atoms with E-state index >= 15 is 0 Å². The predicted octanol–water partition coefficient (Wildman–Crippen LogP) is 3.35. The number of carbonyl (C=O) groups excluding carboxylic acids is 2. The molecule has 0 aliphatic heterocycles. The summed E-state index contributed by atoms with van der Waals surface area (Å²) in [5.41, 5.74) is 1.09. The Bertz CT molecular complexity index is 765. The molecule has 7 heteroatoms. The number of para-hydroxylation sites is 1. The van der Waals surface area contributed by atoms with Gasteiger partial charge in [-0.15, -0.1) is 0 Å². The van der Waals surface area contributed by atoms with E-state index in [1.807, 2.05) is 18.2 Å². The Labute approximate surface area is 151 Å². The average molecular weight is 363 g/mol. The summed E-state index contributed by atoms with van der Waals surface area (Å²) in [4.78, 5) is 25.9. The van der Waals surface area contributed by atoms with E-state index in [-0.39, 0.29) is 12.3 Å². The first-order chi connectivity index (χ1) is 12.0. The molecule has 0 aromatic heterocycles. The summed E-state index contributed by atoms with van der Waals surface area (Å²) in [7, 11) is 4.55. The Morgan fingerprint density at radius 2 is 1.72 bits per heavy atom. The van der Waals surface area contributed by atoms with Crippen molar-refractivity contribution in [3.05, 3.63) is 47.5 Å².